The summed E-state index contributed by atoms with van der Waals surface area (Å²) < 4.78 is 6.26. The Bertz CT molecular complexity index is 1030. The van der Waals surface area contributed by atoms with Crippen molar-refractivity contribution in [1.29, 1.82) is 0 Å². The Hall–Kier alpha value is -3.00. The Morgan fingerprint density at radius 1 is 0.842 bits per heavy atom. The molecule has 2 aromatic carbocycles. The van der Waals surface area contributed by atoms with Crippen LogP contribution < -0.4 is 15.5 Å². The number of benzene rings is 2. The molecule has 0 atom stereocenters. The number of hydrazone groups is 1. The molecule has 7 nitrogen and oxygen atoms in total. The van der Waals surface area contributed by atoms with E-state index in [0.717, 1.165) is 23.7 Å². The molecular formula is C30H40BrN3O4. The molecule has 0 bridgehead atoms. The summed E-state index contributed by atoms with van der Waals surface area (Å²) in [5.74, 6) is -0.763. The summed E-state index contributed by atoms with van der Waals surface area (Å²) in [4.78, 5) is 36.5. The molecule has 0 heterocycles. The third-order valence-corrected chi connectivity index (χ3v) is 6.52. The van der Waals surface area contributed by atoms with Crippen molar-refractivity contribution < 1.29 is 19.1 Å². The van der Waals surface area contributed by atoms with Gasteiger partial charge in [-0.1, -0.05) is 105 Å². The molecule has 2 rings (SSSR count). The van der Waals surface area contributed by atoms with Crippen molar-refractivity contribution in [3.8, 4) is 5.75 Å². The van der Waals surface area contributed by atoms with Crippen molar-refractivity contribution in [3.63, 3.8) is 0 Å². The number of carbonyl (C=O) groups excluding carboxylic acids is 3. The first-order valence-electron chi connectivity index (χ1n) is 13.6. The number of hydrogen-bond donors (Lipinski definition) is 2. The quantitative estimate of drug-likeness (QED) is 0.0651. The number of hydrogen-bond acceptors (Lipinski definition) is 5. The smallest absolute Gasteiger partial charge is 0.343 e. The second-order valence-electron chi connectivity index (χ2n) is 9.29. The van der Waals surface area contributed by atoms with Crippen LogP contribution in [0, 0.1) is 0 Å². The summed E-state index contributed by atoms with van der Waals surface area (Å²) in [5, 5.41) is 6.57. The number of carbonyl (C=O) groups is 3. The van der Waals surface area contributed by atoms with Crippen molar-refractivity contribution >= 4 is 39.9 Å². The molecule has 0 saturated heterocycles. The molecule has 2 N–H and O–H groups in total. The van der Waals surface area contributed by atoms with Crippen LogP contribution in [0.25, 0.3) is 0 Å². The van der Waals surface area contributed by atoms with Crippen LogP contribution >= 0.6 is 15.9 Å². The summed E-state index contributed by atoms with van der Waals surface area (Å²) in [6.45, 7) is 2.09. The Balaban J connectivity index is 1.63. The van der Waals surface area contributed by atoms with Crippen molar-refractivity contribution in [3.05, 3.63) is 64.1 Å². The number of unbranched alkanes of at least 4 members (excludes halogenated alkanes) is 10. The lowest BCUT2D eigenvalue weighted by Gasteiger charge is -2.08. The Morgan fingerprint density at radius 3 is 2.13 bits per heavy atom. The molecule has 0 aliphatic heterocycles. The zero-order chi connectivity index (χ0) is 27.4. The molecule has 0 aromatic heterocycles. The van der Waals surface area contributed by atoms with Gasteiger partial charge in [-0.25, -0.2) is 10.2 Å². The molecule has 2 amide bonds. The predicted octanol–water partition coefficient (Wildman–Crippen LogP) is 6.94. The molecule has 206 valence electrons. The molecule has 0 saturated carbocycles. The number of nitrogens with one attached hydrogen (secondary N) is 2. The van der Waals surface area contributed by atoms with E-state index in [0.29, 0.717) is 23.3 Å². The highest BCUT2D eigenvalue weighted by molar-refractivity contribution is 9.10. The lowest BCUT2D eigenvalue weighted by atomic mass is 10.1. The molecule has 0 fully saturated rings. The van der Waals surface area contributed by atoms with Crippen LogP contribution in [0.15, 0.2) is 58.1 Å². The van der Waals surface area contributed by atoms with Gasteiger partial charge >= 0.3 is 5.97 Å². The average molecular weight is 587 g/mol. The van der Waals surface area contributed by atoms with Gasteiger partial charge in [0.25, 0.3) is 5.91 Å². The highest BCUT2D eigenvalue weighted by Gasteiger charge is 2.11. The van der Waals surface area contributed by atoms with E-state index in [9.17, 15) is 14.4 Å². The fourth-order valence-electron chi connectivity index (χ4n) is 3.88. The lowest BCUT2D eigenvalue weighted by Crippen LogP contribution is -2.34. The molecule has 0 spiro atoms. The molecule has 8 heteroatoms. The van der Waals surface area contributed by atoms with E-state index in [1.54, 1.807) is 42.5 Å². The molecule has 0 aliphatic carbocycles. The van der Waals surface area contributed by atoms with Gasteiger partial charge in [0.1, 0.15) is 5.75 Å². The molecule has 0 aliphatic rings. The number of rotatable bonds is 18. The van der Waals surface area contributed by atoms with Crippen molar-refractivity contribution in [2.75, 3.05) is 6.54 Å². The monoisotopic (exact) mass is 585 g/mol. The Kier molecular flexibility index (Phi) is 15.7. The Labute approximate surface area is 234 Å². The maximum absolute atomic E-state index is 12.4. The minimum absolute atomic E-state index is 0.137. The number of nitrogens with zero attached hydrogens (tertiary/aromatic N) is 1. The van der Waals surface area contributed by atoms with Gasteiger partial charge in [0.2, 0.25) is 5.91 Å². The van der Waals surface area contributed by atoms with Crippen LogP contribution in [0.3, 0.4) is 0 Å². The van der Waals surface area contributed by atoms with Gasteiger partial charge in [-0.3, -0.25) is 9.59 Å². The Morgan fingerprint density at radius 2 is 1.47 bits per heavy atom. The minimum Gasteiger partial charge on any atom is -0.422 e. The topological polar surface area (TPSA) is 96.9 Å². The van der Waals surface area contributed by atoms with Crippen LogP contribution in [-0.2, 0) is 9.59 Å². The van der Waals surface area contributed by atoms with E-state index in [-0.39, 0.29) is 12.5 Å². The highest BCUT2D eigenvalue weighted by Crippen LogP contribution is 2.23. The van der Waals surface area contributed by atoms with Gasteiger partial charge in [0.05, 0.1) is 18.3 Å². The van der Waals surface area contributed by atoms with E-state index in [1.165, 1.54) is 57.6 Å². The van der Waals surface area contributed by atoms with Crippen LogP contribution in [-0.4, -0.2) is 30.5 Å². The average Bonchev–Trinajstić information content (AvgIpc) is 2.92. The zero-order valence-electron chi connectivity index (χ0n) is 22.3. The number of amides is 2. The van der Waals surface area contributed by atoms with Gasteiger partial charge in [0.15, 0.2) is 0 Å². The number of halogens is 1. The third-order valence-electron chi connectivity index (χ3n) is 6.03. The largest absolute Gasteiger partial charge is 0.422 e. The van der Waals surface area contributed by atoms with Crippen molar-refractivity contribution in [2.45, 2.75) is 84.0 Å². The van der Waals surface area contributed by atoms with Crippen molar-refractivity contribution in [2.24, 2.45) is 5.10 Å². The van der Waals surface area contributed by atoms with E-state index in [4.69, 9.17) is 4.74 Å². The second-order valence-corrected chi connectivity index (χ2v) is 10.2. The normalized spacial score (nSPS) is 10.9. The highest BCUT2D eigenvalue weighted by atomic mass is 79.9. The van der Waals surface area contributed by atoms with E-state index >= 15 is 0 Å². The summed E-state index contributed by atoms with van der Waals surface area (Å²) in [5.41, 5.74) is 3.32. The molecule has 0 unspecified atom stereocenters. The standard InChI is InChI=1S/C30H40BrN3O4/c1-2-3-4-5-6-7-8-9-10-11-15-18-28(35)32-23-29(36)34-33-22-25-21-26(31)19-20-27(25)38-30(37)24-16-13-12-14-17-24/h12-14,16-17,19-22H,2-11,15,18,23H2,1H3,(H,32,35)(H,34,36)/b33-22+. The zero-order valence-corrected chi connectivity index (χ0v) is 23.9. The maximum atomic E-state index is 12.4. The predicted molar refractivity (Wildman–Crippen MR) is 155 cm³/mol. The molecule has 38 heavy (non-hydrogen) atoms. The van der Waals surface area contributed by atoms with Gasteiger partial charge in [0, 0.05) is 16.5 Å². The fraction of sp³-hybridized carbons (Fsp3) is 0.467. The number of ether oxygens (including phenoxy) is 1. The fourth-order valence-corrected chi connectivity index (χ4v) is 4.26. The van der Waals surface area contributed by atoms with Gasteiger partial charge in [-0.2, -0.15) is 5.10 Å². The van der Waals surface area contributed by atoms with Crippen LogP contribution in [0.2, 0.25) is 0 Å². The van der Waals surface area contributed by atoms with Gasteiger partial charge < -0.3 is 10.1 Å². The molecular weight excluding hydrogens is 546 g/mol. The van der Waals surface area contributed by atoms with Crippen molar-refractivity contribution in [1.82, 2.24) is 10.7 Å². The molecule has 2 aromatic rings. The van der Waals surface area contributed by atoms with Crippen LogP contribution in [0.4, 0.5) is 0 Å². The SMILES string of the molecule is CCCCCCCCCCCCCC(=O)NCC(=O)N/N=C/c1cc(Br)ccc1OC(=O)c1ccccc1. The first-order valence-corrected chi connectivity index (χ1v) is 14.4. The summed E-state index contributed by atoms with van der Waals surface area (Å²) >= 11 is 3.38. The summed E-state index contributed by atoms with van der Waals surface area (Å²) in [7, 11) is 0. The van der Waals surface area contributed by atoms with Gasteiger partial charge in [-0.05, 0) is 36.8 Å². The van der Waals surface area contributed by atoms with Crippen LogP contribution in [0.5, 0.6) is 5.75 Å². The first kappa shape index (κ1) is 31.2. The van der Waals surface area contributed by atoms with E-state index < -0.39 is 11.9 Å². The maximum Gasteiger partial charge on any atom is 0.343 e. The van der Waals surface area contributed by atoms with E-state index in [1.807, 2.05) is 6.07 Å². The van der Waals surface area contributed by atoms with E-state index in [2.05, 4.69) is 38.7 Å². The molecule has 0 radical (unpaired) electrons. The van der Waals surface area contributed by atoms with Crippen LogP contribution in [0.1, 0.15) is 99.9 Å². The first-order chi connectivity index (χ1) is 18.5. The summed E-state index contributed by atoms with van der Waals surface area (Å²) in [6.07, 6.45) is 15.3. The lowest BCUT2D eigenvalue weighted by molar-refractivity contribution is -0.126. The number of esters is 1. The minimum atomic E-state index is -0.493. The summed E-state index contributed by atoms with van der Waals surface area (Å²) in [6, 6.07) is 13.8. The van der Waals surface area contributed by atoms with Gasteiger partial charge in [-0.15, -0.1) is 0 Å². The second kappa shape index (κ2) is 19.1. The third kappa shape index (κ3) is 13.5.